The highest BCUT2D eigenvalue weighted by atomic mass is 16.5. The van der Waals surface area contributed by atoms with Crippen LogP contribution in [0, 0.1) is 0 Å². The first-order valence-corrected chi connectivity index (χ1v) is 13.6. The summed E-state index contributed by atoms with van der Waals surface area (Å²) in [5.74, 6) is 2.24. The van der Waals surface area contributed by atoms with Crippen molar-refractivity contribution in [3.63, 3.8) is 0 Å². The summed E-state index contributed by atoms with van der Waals surface area (Å²) in [5, 5.41) is 3.44. The molecule has 0 bridgehead atoms. The van der Waals surface area contributed by atoms with Crippen molar-refractivity contribution in [2.45, 2.75) is 19.4 Å². The second kappa shape index (κ2) is 9.69. The smallest absolute Gasteiger partial charge is 0.254 e. The van der Waals surface area contributed by atoms with Crippen LogP contribution >= 0.6 is 0 Å². The summed E-state index contributed by atoms with van der Waals surface area (Å²) < 4.78 is 14.1. The van der Waals surface area contributed by atoms with E-state index in [1.165, 1.54) is 5.69 Å². The Kier molecular flexibility index (Phi) is 5.87. The molecule has 39 heavy (non-hydrogen) atoms. The lowest BCUT2D eigenvalue weighted by Crippen LogP contribution is -2.50. The third-order valence-corrected chi connectivity index (χ3v) is 7.84. The second-order valence-corrected chi connectivity index (χ2v) is 10.2. The van der Waals surface area contributed by atoms with Crippen LogP contribution in [0.3, 0.4) is 0 Å². The fourth-order valence-electron chi connectivity index (χ4n) is 5.88. The van der Waals surface area contributed by atoms with Gasteiger partial charge >= 0.3 is 0 Å². The van der Waals surface area contributed by atoms with Gasteiger partial charge < -0.3 is 24.6 Å². The number of hydrogen-bond donors (Lipinski definition) is 1. The molecule has 4 aromatic rings. The van der Waals surface area contributed by atoms with Crippen molar-refractivity contribution in [2.75, 3.05) is 49.6 Å². The number of nitrogens with one attached hydrogen (secondary N) is 1. The zero-order chi connectivity index (χ0) is 26.3. The molecule has 198 valence electrons. The van der Waals surface area contributed by atoms with Crippen molar-refractivity contribution >= 4 is 28.6 Å². The Balaban J connectivity index is 1.27. The first-order valence-electron chi connectivity index (χ1n) is 13.6. The number of ether oxygens (including phenoxy) is 2. The molecule has 4 heterocycles. The predicted octanol–water partition coefficient (Wildman–Crippen LogP) is 4.84. The largest absolute Gasteiger partial charge is 0.490 e. The zero-order valence-electron chi connectivity index (χ0n) is 22.0. The van der Waals surface area contributed by atoms with E-state index in [1.54, 1.807) is 0 Å². The van der Waals surface area contributed by atoms with Gasteiger partial charge in [0.1, 0.15) is 0 Å². The van der Waals surface area contributed by atoms with Gasteiger partial charge in [-0.25, -0.2) is 4.98 Å². The summed E-state index contributed by atoms with van der Waals surface area (Å²) in [4.78, 5) is 23.5. The van der Waals surface area contributed by atoms with Gasteiger partial charge in [-0.2, -0.15) is 0 Å². The van der Waals surface area contributed by atoms with Crippen LogP contribution in [0.15, 0.2) is 84.1 Å². The zero-order valence-corrected chi connectivity index (χ0v) is 22.0. The highest BCUT2D eigenvalue weighted by molar-refractivity contribution is 5.98. The number of allylic oxidation sites excluding steroid dienone is 1. The SMILES string of the molecule is CC1=C(C(=O)N2CCN(c3ccccc3)CC2)C(c2ccc3c(c2)OCCCO3)n2c(nc3ccccc32)N1. The van der Waals surface area contributed by atoms with Gasteiger partial charge in [-0.1, -0.05) is 36.4 Å². The van der Waals surface area contributed by atoms with Crippen molar-refractivity contribution < 1.29 is 14.3 Å². The van der Waals surface area contributed by atoms with E-state index in [2.05, 4.69) is 51.2 Å². The van der Waals surface area contributed by atoms with Crippen molar-refractivity contribution in [3.8, 4) is 11.5 Å². The van der Waals surface area contributed by atoms with Gasteiger partial charge in [0.05, 0.1) is 35.9 Å². The molecule has 0 spiro atoms. The molecule has 7 rings (SSSR count). The van der Waals surface area contributed by atoms with Gasteiger partial charge in [0.2, 0.25) is 5.95 Å². The van der Waals surface area contributed by atoms with E-state index in [0.29, 0.717) is 26.3 Å². The minimum absolute atomic E-state index is 0.0493. The van der Waals surface area contributed by atoms with E-state index < -0.39 is 0 Å². The lowest BCUT2D eigenvalue weighted by molar-refractivity contribution is -0.127. The molecule has 1 atom stereocenters. The molecule has 3 aliphatic rings. The quantitative estimate of drug-likeness (QED) is 0.416. The minimum atomic E-state index is -0.356. The molecule has 1 saturated heterocycles. The second-order valence-electron chi connectivity index (χ2n) is 10.2. The summed E-state index contributed by atoms with van der Waals surface area (Å²) >= 11 is 0. The van der Waals surface area contributed by atoms with E-state index >= 15 is 0 Å². The first kappa shape index (κ1) is 23.6. The third kappa shape index (κ3) is 4.16. The Labute approximate surface area is 227 Å². The monoisotopic (exact) mass is 521 g/mol. The number of imidazole rings is 1. The molecule has 8 nitrogen and oxygen atoms in total. The van der Waals surface area contributed by atoms with Crippen LogP contribution in [0.5, 0.6) is 11.5 Å². The van der Waals surface area contributed by atoms with E-state index in [9.17, 15) is 4.79 Å². The number of nitrogens with zero attached hydrogens (tertiary/aromatic N) is 4. The predicted molar refractivity (Wildman–Crippen MR) is 151 cm³/mol. The summed E-state index contributed by atoms with van der Waals surface area (Å²) in [7, 11) is 0. The van der Waals surface area contributed by atoms with Crippen LogP contribution in [0.25, 0.3) is 11.0 Å². The molecule has 3 aliphatic heterocycles. The summed E-state index contributed by atoms with van der Waals surface area (Å²) in [5.41, 5.74) is 5.58. The number of para-hydroxylation sites is 3. The average Bonchev–Trinajstić information content (AvgIpc) is 3.17. The van der Waals surface area contributed by atoms with E-state index in [-0.39, 0.29) is 11.9 Å². The Morgan fingerprint density at radius 2 is 1.64 bits per heavy atom. The minimum Gasteiger partial charge on any atom is -0.490 e. The van der Waals surface area contributed by atoms with E-state index in [0.717, 1.165) is 64.8 Å². The fourth-order valence-corrected chi connectivity index (χ4v) is 5.88. The van der Waals surface area contributed by atoms with Crippen LogP contribution in [0.1, 0.15) is 24.9 Å². The molecule has 3 aromatic carbocycles. The molecule has 1 unspecified atom stereocenters. The summed E-state index contributed by atoms with van der Waals surface area (Å²) in [6, 6.07) is 24.2. The number of fused-ring (bicyclic) bond motifs is 4. The van der Waals surface area contributed by atoms with Gasteiger partial charge in [0, 0.05) is 44.0 Å². The molecule has 0 saturated carbocycles. The molecule has 0 radical (unpaired) electrons. The standard InChI is InChI=1S/C31H31N5O3/c1-21-28(30(37)35-16-14-34(15-17-35)23-8-3-2-4-9-23)29(22-12-13-26-27(20-22)39-19-7-18-38-26)36-25-11-6-5-10-24(25)33-31(36)32-21/h2-6,8-13,20,29H,7,14-19H2,1H3,(H,32,33). The first-order chi connectivity index (χ1) is 19.2. The molecule has 1 N–H and O–H groups in total. The van der Waals surface area contributed by atoms with E-state index in [1.807, 2.05) is 48.2 Å². The van der Waals surface area contributed by atoms with Crippen LogP contribution in [-0.2, 0) is 4.79 Å². The van der Waals surface area contributed by atoms with Gasteiger partial charge in [-0.3, -0.25) is 9.36 Å². The summed E-state index contributed by atoms with van der Waals surface area (Å²) in [6.45, 7) is 6.13. The van der Waals surface area contributed by atoms with Gasteiger partial charge in [0.15, 0.2) is 11.5 Å². The Morgan fingerprint density at radius 1 is 0.897 bits per heavy atom. The third-order valence-electron chi connectivity index (χ3n) is 7.84. The Bertz CT molecular complexity index is 1570. The van der Waals surface area contributed by atoms with Crippen LogP contribution in [0.4, 0.5) is 11.6 Å². The molecule has 0 aliphatic carbocycles. The number of aromatic nitrogens is 2. The number of carbonyl (C=O) groups is 1. The average molecular weight is 522 g/mol. The molecular formula is C31H31N5O3. The number of anilines is 2. The van der Waals surface area contributed by atoms with Crippen molar-refractivity contribution in [1.29, 1.82) is 0 Å². The van der Waals surface area contributed by atoms with Crippen molar-refractivity contribution in [1.82, 2.24) is 14.5 Å². The number of hydrogen-bond acceptors (Lipinski definition) is 6. The van der Waals surface area contributed by atoms with Crippen molar-refractivity contribution in [2.24, 2.45) is 0 Å². The van der Waals surface area contributed by atoms with Gasteiger partial charge in [0.25, 0.3) is 5.91 Å². The van der Waals surface area contributed by atoms with E-state index in [4.69, 9.17) is 14.5 Å². The molecule has 1 fully saturated rings. The molecule has 1 aromatic heterocycles. The number of amides is 1. The van der Waals surface area contributed by atoms with Gasteiger partial charge in [-0.15, -0.1) is 0 Å². The number of piperazine rings is 1. The lowest BCUT2D eigenvalue weighted by atomic mass is 9.93. The van der Waals surface area contributed by atoms with Crippen LogP contribution in [0.2, 0.25) is 0 Å². The molecule has 1 amide bonds. The lowest BCUT2D eigenvalue weighted by Gasteiger charge is -2.39. The highest BCUT2D eigenvalue weighted by Gasteiger charge is 2.37. The topological polar surface area (TPSA) is 71.9 Å². The fraction of sp³-hybridized carbons (Fsp3) is 0.290. The maximum Gasteiger partial charge on any atom is 0.254 e. The number of carbonyl (C=O) groups excluding carboxylic acids is 1. The van der Waals surface area contributed by atoms with Crippen molar-refractivity contribution in [3.05, 3.63) is 89.6 Å². The maximum absolute atomic E-state index is 14.3. The van der Waals surface area contributed by atoms with Crippen LogP contribution < -0.4 is 19.7 Å². The number of benzene rings is 3. The molecular weight excluding hydrogens is 490 g/mol. The number of rotatable bonds is 3. The van der Waals surface area contributed by atoms with Crippen LogP contribution in [-0.4, -0.2) is 59.8 Å². The van der Waals surface area contributed by atoms with Gasteiger partial charge in [-0.05, 0) is 48.9 Å². The molecule has 8 heteroatoms. The Morgan fingerprint density at radius 3 is 2.46 bits per heavy atom. The highest BCUT2D eigenvalue weighted by Crippen LogP contribution is 2.42. The maximum atomic E-state index is 14.3. The Hall–Kier alpha value is -4.46. The normalized spacial score (nSPS) is 18.9. The summed E-state index contributed by atoms with van der Waals surface area (Å²) in [6.07, 6.45) is 0.839.